The van der Waals surface area contributed by atoms with Crippen LogP contribution in [0.25, 0.3) is 110 Å². The predicted molar refractivity (Wildman–Crippen MR) is 225 cm³/mol. The van der Waals surface area contributed by atoms with Crippen LogP contribution >= 0.6 is 0 Å². The van der Waals surface area contributed by atoms with E-state index in [0.29, 0.717) is 39.2 Å². The van der Waals surface area contributed by atoms with Crippen molar-refractivity contribution >= 4 is 87.5 Å². The van der Waals surface area contributed by atoms with E-state index < -0.39 is 11.7 Å². The van der Waals surface area contributed by atoms with Gasteiger partial charge in [0.05, 0.1) is 39.0 Å². The Morgan fingerprint density at radius 1 is 0.448 bits per heavy atom. The van der Waals surface area contributed by atoms with Crippen LogP contribution in [-0.2, 0) is 6.18 Å². The fourth-order valence-electron chi connectivity index (χ4n) is 9.08. The van der Waals surface area contributed by atoms with Crippen molar-refractivity contribution in [1.82, 2.24) is 9.13 Å². The Labute approximate surface area is 326 Å². The third-order valence-corrected chi connectivity index (χ3v) is 11.6. The van der Waals surface area contributed by atoms with Crippen LogP contribution in [0, 0.1) is 11.3 Å². The number of nitrogens with zero attached hydrogens (tertiary/aromatic N) is 3. The quantitative estimate of drug-likeness (QED) is 0.180. The predicted octanol–water partition coefficient (Wildman–Crippen LogP) is 14.2. The number of rotatable bonds is 3. The van der Waals surface area contributed by atoms with Gasteiger partial charge in [0.2, 0.25) is 0 Å². The molecule has 0 unspecified atom stereocenters. The summed E-state index contributed by atoms with van der Waals surface area (Å²) in [5.41, 5.74) is 7.27. The van der Waals surface area contributed by atoms with E-state index >= 15 is 0 Å². The lowest BCUT2D eigenvalue weighted by Crippen LogP contribution is -2.06. The molecule has 0 aliphatic carbocycles. The van der Waals surface area contributed by atoms with Crippen LogP contribution in [0.15, 0.2) is 167 Å². The van der Waals surface area contributed by atoms with Crippen molar-refractivity contribution in [2.24, 2.45) is 0 Å². The van der Waals surface area contributed by atoms with Gasteiger partial charge in [0.1, 0.15) is 22.8 Å². The standard InChI is InChI=1S/C50H26F3N3O2/c51-50(52,53)30-11-9-10-28(24-30)29-25-42(55-40-16-5-1-12-31(40)35-20-22-37-33-14-3-7-18-44(33)57-48(37)46(35)55)39(27-54)43(26-29)56-41-17-6-2-13-32(41)36-21-23-38-34-15-4-8-19-45(34)58-49(38)47(36)56/h1-26H. The second-order valence-corrected chi connectivity index (χ2v) is 14.7. The van der Waals surface area contributed by atoms with E-state index in [1.165, 1.54) is 12.1 Å². The minimum absolute atomic E-state index is 0.322. The average molecular weight is 758 g/mol. The van der Waals surface area contributed by atoms with Gasteiger partial charge >= 0.3 is 6.18 Å². The highest BCUT2D eigenvalue weighted by atomic mass is 19.4. The monoisotopic (exact) mass is 757 g/mol. The SMILES string of the molecule is N#Cc1c(-n2c3ccccc3c3ccc4c5ccccc5oc4c32)cc(-c2cccc(C(F)(F)F)c2)cc1-n1c2ccccc2c2ccc3c4ccccc4oc3c21. The summed E-state index contributed by atoms with van der Waals surface area (Å²) in [5, 5.41) is 18.9. The van der Waals surface area contributed by atoms with E-state index in [1.54, 1.807) is 6.07 Å². The van der Waals surface area contributed by atoms with Gasteiger partial charge < -0.3 is 18.0 Å². The van der Waals surface area contributed by atoms with Gasteiger partial charge in [-0.25, -0.2) is 0 Å². The molecule has 4 aromatic heterocycles. The first-order chi connectivity index (χ1) is 28.4. The van der Waals surface area contributed by atoms with Crippen LogP contribution in [0.5, 0.6) is 0 Å². The fraction of sp³-hybridized carbons (Fsp3) is 0.0200. The molecule has 0 fully saturated rings. The summed E-state index contributed by atoms with van der Waals surface area (Å²) >= 11 is 0. The van der Waals surface area contributed by atoms with E-state index in [4.69, 9.17) is 8.83 Å². The van der Waals surface area contributed by atoms with Gasteiger partial charge in [-0.2, -0.15) is 18.4 Å². The van der Waals surface area contributed by atoms with Gasteiger partial charge in [-0.3, -0.25) is 0 Å². The Bertz CT molecular complexity index is 3550. The molecule has 58 heavy (non-hydrogen) atoms. The molecule has 274 valence electrons. The van der Waals surface area contributed by atoms with Crippen molar-refractivity contribution in [3.63, 3.8) is 0 Å². The number of benzene rings is 8. The zero-order chi connectivity index (χ0) is 38.9. The van der Waals surface area contributed by atoms with Crippen LogP contribution < -0.4 is 0 Å². The van der Waals surface area contributed by atoms with E-state index in [0.717, 1.165) is 82.4 Å². The minimum Gasteiger partial charge on any atom is -0.454 e. The molecule has 0 aliphatic rings. The van der Waals surface area contributed by atoms with Gasteiger partial charge in [-0.15, -0.1) is 0 Å². The summed E-state index contributed by atoms with van der Waals surface area (Å²) in [6.07, 6.45) is -4.56. The normalized spacial score (nSPS) is 12.4. The number of aromatic nitrogens is 2. The first kappa shape index (κ1) is 32.5. The molecule has 0 aliphatic heterocycles. The maximum atomic E-state index is 14.3. The van der Waals surface area contributed by atoms with E-state index in [1.807, 2.05) is 118 Å². The molecule has 4 heterocycles. The highest BCUT2D eigenvalue weighted by Gasteiger charge is 2.31. The largest absolute Gasteiger partial charge is 0.454 e. The van der Waals surface area contributed by atoms with Gasteiger partial charge in [0.25, 0.3) is 0 Å². The number of fused-ring (bicyclic) bond motifs is 14. The molecular formula is C50H26F3N3O2. The highest BCUT2D eigenvalue weighted by molar-refractivity contribution is 6.23. The second-order valence-electron chi connectivity index (χ2n) is 14.7. The molecule has 0 atom stereocenters. The summed E-state index contributed by atoms with van der Waals surface area (Å²) in [4.78, 5) is 0. The molecule has 8 aromatic carbocycles. The van der Waals surface area contributed by atoms with Crippen LogP contribution in [0.2, 0.25) is 0 Å². The lowest BCUT2D eigenvalue weighted by atomic mass is 9.98. The minimum atomic E-state index is -4.56. The van der Waals surface area contributed by atoms with Gasteiger partial charge in [0.15, 0.2) is 11.2 Å². The second kappa shape index (κ2) is 11.6. The molecule has 0 N–H and O–H groups in total. The van der Waals surface area contributed by atoms with Crippen molar-refractivity contribution < 1.29 is 22.0 Å². The van der Waals surface area contributed by atoms with Crippen LogP contribution in [0.4, 0.5) is 13.2 Å². The smallest absolute Gasteiger partial charge is 0.416 e. The van der Waals surface area contributed by atoms with Crippen molar-refractivity contribution in [2.45, 2.75) is 6.18 Å². The third kappa shape index (κ3) is 4.41. The first-order valence-corrected chi connectivity index (χ1v) is 18.8. The number of para-hydroxylation sites is 4. The molecule has 0 bridgehead atoms. The van der Waals surface area contributed by atoms with E-state index in [9.17, 15) is 18.4 Å². The number of hydrogen-bond acceptors (Lipinski definition) is 3. The number of nitriles is 1. The van der Waals surface area contributed by atoms with Gasteiger partial charge in [-0.05, 0) is 71.8 Å². The lowest BCUT2D eigenvalue weighted by molar-refractivity contribution is -0.137. The summed E-state index contributed by atoms with van der Waals surface area (Å²) in [6, 6.07) is 51.5. The Balaban J connectivity index is 1.29. The first-order valence-electron chi connectivity index (χ1n) is 18.8. The average Bonchev–Trinajstić information content (AvgIpc) is 4.00. The maximum absolute atomic E-state index is 14.3. The molecular weight excluding hydrogens is 732 g/mol. The number of halogens is 3. The van der Waals surface area contributed by atoms with Crippen LogP contribution in [-0.4, -0.2) is 9.13 Å². The van der Waals surface area contributed by atoms with E-state index in [-0.39, 0.29) is 0 Å². The zero-order valence-corrected chi connectivity index (χ0v) is 30.3. The van der Waals surface area contributed by atoms with Crippen molar-refractivity contribution in [3.8, 4) is 28.6 Å². The van der Waals surface area contributed by atoms with E-state index in [2.05, 4.69) is 30.3 Å². The third-order valence-electron chi connectivity index (χ3n) is 11.6. The zero-order valence-electron chi connectivity index (χ0n) is 30.3. The van der Waals surface area contributed by atoms with Crippen molar-refractivity contribution in [1.29, 1.82) is 5.26 Å². The number of alkyl halides is 3. The highest BCUT2D eigenvalue weighted by Crippen LogP contribution is 2.45. The summed E-state index contributed by atoms with van der Waals surface area (Å²) < 4.78 is 60.3. The van der Waals surface area contributed by atoms with Crippen molar-refractivity contribution in [3.05, 3.63) is 169 Å². The molecule has 12 aromatic rings. The Morgan fingerprint density at radius 3 is 1.41 bits per heavy atom. The van der Waals surface area contributed by atoms with Crippen molar-refractivity contribution in [2.75, 3.05) is 0 Å². The molecule has 12 rings (SSSR count). The topological polar surface area (TPSA) is 59.9 Å². The molecule has 8 heteroatoms. The summed E-state index contributed by atoms with van der Waals surface area (Å²) in [5.74, 6) is 0. The Hall–Kier alpha value is -7.76. The van der Waals surface area contributed by atoms with Crippen LogP contribution in [0.1, 0.15) is 11.1 Å². The molecule has 0 radical (unpaired) electrons. The van der Waals surface area contributed by atoms with Crippen LogP contribution in [0.3, 0.4) is 0 Å². The fourth-order valence-corrected chi connectivity index (χ4v) is 9.08. The molecule has 0 amide bonds. The summed E-state index contributed by atoms with van der Waals surface area (Å²) in [6.45, 7) is 0. The molecule has 0 saturated carbocycles. The number of hydrogen-bond donors (Lipinski definition) is 0. The Morgan fingerprint density at radius 2 is 0.914 bits per heavy atom. The lowest BCUT2D eigenvalue weighted by Gasteiger charge is -2.19. The maximum Gasteiger partial charge on any atom is 0.416 e. The Kier molecular flexibility index (Phi) is 6.52. The van der Waals surface area contributed by atoms with Gasteiger partial charge in [0, 0.05) is 43.1 Å². The molecule has 0 saturated heterocycles. The molecule has 5 nitrogen and oxygen atoms in total. The van der Waals surface area contributed by atoms with Gasteiger partial charge in [-0.1, -0.05) is 97.1 Å². The summed E-state index contributed by atoms with van der Waals surface area (Å²) in [7, 11) is 0. The number of furan rings is 2. The molecule has 0 spiro atoms.